The normalized spacial score (nSPS) is 11.2. The molecular weight excluding hydrogens is 337 g/mol. The number of halogens is 2. The minimum Gasteiger partial charge on any atom is -0.506 e. The third-order valence-electron chi connectivity index (χ3n) is 2.63. The molecule has 0 aliphatic carbocycles. The Bertz CT molecular complexity index is 778. The molecule has 0 aliphatic rings. The number of phenols is 1. The highest BCUT2D eigenvalue weighted by molar-refractivity contribution is 7.92. The Hall–Kier alpha value is -1.63. The third kappa shape index (κ3) is 3.53. The molecule has 0 heterocycles. The highest BCUT2D eigenvalue weighted by atomic mass is 35.5. The van der Waals surface area contributed by atoms with Crippen molar-refractivity contribution in [1.82, 2.24) is 0 Å². The van der Waals surface area contributed by atoms with Crippen molar-refractivity contribution in [3.05, 3.63) is 46.4 Å². The molecule has 0 bridgehead atoms. The Morgan fingerprint density at radius 3 is 2.52 bits per heavy atom. The van der Waals surface area contributed by atoms with Gasteiger partial charge in [-0.15, -0.1) is 0 Å². The number of benzene rings is 2. The Morgan fingerprint density at radius 1 is 1.14 bits per heavy atom. The molecule has 0 radical (unpaired) electrons. The second-order valence-electron chi connectivity index (χ2n) is 4.06. The zero-order valence-electron chi connectivity index (χ0n) is 10.8. The van der Waals surface area contributed by atoms with E-state index < -0.39 is 10.0 Å². The average Bonchev–Trinajstić information content (AvgIpc) is 2.43. The van der Waals surface area contributed by atoms with Crippen LogP contribution in [0.15, 0.2) is 41.3 Å². The summed E-state index contributed by atoms with van der Waals surface area (Å²) in [5, 5.41) is 9.98. The monoisotopic (exact) mass is 347 g/mol. The van der Waals surface area contributed by atoms with Crippen LogP contribution in [0.25, 0.3) is 0 Å². The molecule has 2 N–H and O–H groups in total. The van der Waals surface area contributed by atoms with Crippen LogP contribution in [-0.2, 0) is 10.0 Å². The van der Waals surface area contributed by atoms with E-state index in [1.54, 1.807) is 0 Å². The van der Waals surface area contributed by atoms with Crippen LogP contribution in [0.4, 0.5) is 5.69 Å². The number of nitrogens with one attached hydrogen (secondary N) is 1. The smallest absolute Gasteiger partial charge is 0.263 e. The minimum atomic E-state index is -4.00. The van der Waals surface area contributed by atoms with Crippen molar-refractivity contribution < 1.29 is 18.3 Å². The molecule has 2 aromatic rings. The van der Waals surface area contributed by atoms with E-state index >= 15 is 0 Å². The maximum absolute atomic E-state index is 12.3. The average molecular weight is 348 g/mol. The van der Waals surface area contributed by atoms with Gasteiger partial charge in [-0.3, -0.25) is 4.72 Å². The predicted octanol–water partition coefficient (Wildman–Crippen LogP) is 3.51. The van der Waals surface area contributed by atoms with Crippen LogP contribution in [0.2, 0.25) is 10.0 Å². The molecule has 0 aromatic heterocycles. The van der Waals surface area contributed by atoms with Crippen LogP contribution in [0.1, 0.15) is 0 Å². The van der Waals surface area contributed by atoms with Crippen LogP contribution in [0.5, 0.6) is 11.5 Å². The zero-order chi connectivity index (χ0) is 15.6. The van der Waals surface area contributed by atoms with Crippen LogP contribution >= 0.6 is 23.2 Å². The Kier molecular flexibility index (Phi) is 4.51. The SMILES string of the molecule is COc1ccc(O)c(NS(=O)(=O)c2cc(Cl)ccc2Cl)c1. The lowest BCUT2D eigenvalue weighted by atomic mass is 10.3. The van der Waals surface area contributed by atoms with Gasteiger partial charge in [0.05, 0.1) is 17.8 Å². The van der Waals surface area contributed by atoms with Gasteiger partial charge in [0.25, 0.3) is 10.0 Å². The summed E-state index contributed by atoms with van der Waals surface area (Å²) in [5.41, 5.74) is -0.0228. The maximum Gasteiger partial charge on any atom is 0.263 e. The summed E-state index contributed by atoms with van der Waals surface area (Å²) in [6.07, 6.45) is 0. The molecule has 5 nitrogen and oxygen atoms in total. The van der Waals surface area contributed by atoms with Crippen molar-refractivity contribution in [3.8, 4) is 11.5 Å². The van der Waals surface area contributed by atoms with Gasteiger partial charge in [-0.05, 0) is 30.3 Å². The number of ether oxygens (including phenoxy) is 1. The molecule has 0 amide bonds. The van der Waals surface area contributed by atoms with Gasteiger partial charge >= 0.3 is 0 Å². The standard InChI is InChI=1S/C13H11Cl2NO4S/c1-20-9-3-5-12(17)11(7-9)16-21(18,19)13-6-8(14)2-4-10(13)15/h2-7,16-17H,1H3. The van der Waals surface area contributed by atoms with Gasteiger partial charge in [0.1, 0.15) is 16.4 Å². The zero-order valence-corrected chi connectivity index (χ0v) is 13.1. The van der Waals surface area contributed by atoms with Crippen LogP contribution in [0.3, 0.4) is 0 Å². The maximum atomic E-state index is 12.3. The fourth-order valence-corrected chi connectivity index (χ4v) is 3.44. The van der Waals surface area contributed by atoms with Gasteiger partial charge in [-0.1, -0.05) is 23.2 Å². The second-order valence-corrected chi connectivity index (χ2v) is 6.56. The molecule has 0 fully saturated rings. The molecule has 21 heavy (non-hydrogen) atoms. The van der Waals surface area contributed by atoms with E-state index in [1.165, 1.54) is 43.5 Å². The van der Waals surface area contributed by atoms with Crippen molar-refractivity contribution in [1.29, 1.82) is 0 Å². The summed E-state index contributed by atoms with van der Waals surface area (Å²) in [5.74, 6) is 0.153. The highest BCUT2D eigenvalue weighted by Crippen LogP contribution is 2.32. The number of sulfonamides is 1. The van der Waals surface area contributed by atoms with E-state index in [-0.39, 0.29) is 26.4 Å². The van der Waals surface area contributed by atoms with Crippen LogP contribution in [-0.4, -0.2) is 20.6 Å². The van der Waals surface area contributed by atoms with E-state index in [9.17, 15) is 13.5 Å². The first-order chi connectivity index (χ1) is 9.83. The van der Waals surface area contributed by atoms with Gasteiger partial charge in [0, 0.05) is 11.1 Å². The summed E-state index contributed by atoms with van der Waals surface area (Å²) in [6.45, 7) is 0. The molecule has 2 aromatic carbocycles. The third-order valence-corrected chi connectivity index (χ3v) is 4.71. The predicted molar refractivity (Wildman–Crippen MR) is 81.9 cm³/mol. The molecule has 0 spiro atoms. The van der Waals surface area contributed by atoms with E-state index in [1.807, 2.05) is 0 Å². The number of hydrogen-bond donors (Lipinski definition) is 2. The summed E-state index contributed by atoms with van der Waals surface area (Å²) in [4.78, 5) is -0.182. The Balaban J connectivity index is 2.44. The fraction of sp³-hybridized carbons (Fsp3) is 0.0769. The van der Waals surface area contributed by atoms with Crippen molar-refractivity contribution in [2.45, 2.75) is 4.90 Å². The van der Waals surface area contributed by atoms with Crippen LogP contribution in [0, 0.1) is 0 Å². The Morgan fingerprint density at radius 2 is 1.86 bits per heavy atom. The molecular formula is C13H11Cl2NO4S. The fourth-order valence-electron chi connectivity index (χ4n) is 1.61. The minimum absolute atomic E-state index is 0.0225. The van der Waals surface area contributed by atoms with E-state index in [2.05, 4.69) is 4.72 Å². The lowest BCUT2D eigenvalue weighted by Crippen LogP contribution is -2.13. The largest absolute Gasteiger partial charge is 0.506 e. The first kappa shape index (κ1) is 15.8. The van der Waals surface area contributed by atoms with Gasteiger partial charge < -0.3 is 9.84 Å². The van der Waals surface area contributed by atoms with Crippen molar-refractivity contribution in [2.75, 3.05) is 11.8 Å². The number of anilines is 1. The van der Waals surface area contributed by atoms with Gasteiger partial charge in [-0.2, -0.15) is 0 Å². The Labute approximate surface area is 132 Å². The molecule has 0 unspecified atom stereocenters. The first-order valence-electron chi connectivity index (χ1n) is 5.68. The molecule has 0 saturated carbocycles. The molecule has 112 valence electrons. The molecule has 0 saturated heterocycles. The second kappa shape index (κ2) is 6.01. The lowest BCUT2D eigenvalue weighted by molar-refractivity contribution is 0.413. The number of hydrogen-bond acceptors (Lipinski definition) is 4. The number of phenolic OH excluding ortho intramolecular Hbond substituents is 1. The molecule has 0 atom stereocenters. The van der Waals surface area contributed by atoms with E-state index in [4.69, 9.17) is 27.9 Å². The van der Waals surface area contributed by atoms with Crippen molar-refractivity contribution in [3.63, 3.8) is 0 Å². The van der Waals surface area contributed by atoms with Gasteiger partial charge in [-0.25, -0.2) is 8.42 Å². The summed E-state index contributed by atoms with van der Waals surface area (Å²) in [7, 11) is -2.57. The van der Waals surface area contributed by atoms with E-state index in [0.29, 0.717) is 5.75 Å². The lowest BCUT2D eigenvalue weighted by Gasteiger charge is -2.12. The van der Waals surface area contributed by atoms with Crippen molar-refractivity contribution >= 4 is 38.9 Å². The molecule has 8 heteroatoms. The highest BCUT2D eigenvalue weighted by Gasteiger charge is 2.20. The summed E-state index contributed by atoms with van der Waals surface area (Å²) < 4.78 is 31.9. The summed E-state index contributed by atoms with van der Waals surface area (Å²) in [6, 6.07) is 8.25. The van der Waals surface area contributed by atoms with Crippen molar-refractivity contribution in [2.24, 2.45) is 0 Å². The molecule has 2 rings (SSSR count). The quantitative estimate of drug-likeness (QED) is 0.829. The van der Waals surface area contributed by atoms with Gasteiger partial charge in [0.2, 0.25) is 0 Å². The van der Waals surface area contributed by atoms with E-state index in [0.717, 1.165) is 0 Å². The number of methoxy groups -OCH3 is 1. The van der Waals surface area contributed by atoms with Crippen LogP contribution < -0.4 is 9.46 Å². The topological polar surface area (TPSA) is 75.6 Å². The summed E-state index contributed by atoms with van der Waals surface area (Å²) >= 11 is 11.7. The van der Waals surface area contributed by atoms with Gasteiger partial charge in [0.15, 0.2) is 0 Å². The number of aromatic hydroxyl groups is 1. The first-order valence-corrected chi connectivity index (χ1v) is 7.92. The molecule has 0 aliphatic heterocycles. The number of rotatable bonds is 4.